The van der Waals surface area contributed by atoms with Gasteiger partial charge in [0.05, 0.1) is 12.7 Å². The highest BCUT2D eigenvalue weighted by molar-refractivity contribution is 5.19. The molecule has 1 N–H and O–H groups in total. The van der Waals surface area contributed by atoms with Gasteiger partial charge in [0.15, 0.2) is 0 Å². The van der Waals surface area contributed by atoms with Crippen molar-refractivity contribution in [2.45, 2.75) is 45.4 Å². The second-order valence-electron chi connectivity index (χ2n) is 5.96. The maximum Gasteiger partial charge on any atom is 0.126 e. The lowest BCUT2D eigenvalue weighted by atomic mass is 9.99. The summed E-state index contributed by atoms with van der Waals surface area (Å²) in [5.74, 6) is -0.128. The fourth-order valence-corrected chi connectivity index (χ4v) is 2.91. The zero-order valence-corrected chi connectivity index (χ0v) is 13.3. The van der Waals surface area contributed by atoms with Crippen LogP contribution in [0.2, 0.25) is 0 Å². The molecule has 4 heteroatoms. The normalized spacial score (nSPS) is 21.7. The summed E-state index contributed by atoms with van der Waals surface area (Å²) in [6.45, 7) is 10.00. The van der Waals surface area contributed by atoms with E-state index in [0.717, 1.165) is 31.8 Å². The first kappa shape index (κ1) is 16.4. The molecule has 2 unspecified atom stereocenters. The van der Waals surface area contributed by atoms with E-state index < -0.39 is 0 Å². The molecule has 0 aliphatic carbocycles. The van der Waals surface area contributed by atoms with Gasteiger partial charge in [0.1, 0.15) is 5.82 Å². The van der Waals surface area contributed by atoms with Crippen LogP contribution in [0.4, 0.5) is 4.39 Å². The molecule has 0 radical (unpaired) electrons. The van der Waals surface area contributed by atoms with Crippen LogP contribution in [0.1, 0.15) is 26.3 Å². The van der Waals surface area contributed by atoms with Crippen LogP contribution in [0.25, 0.3) is 0 Å². The number of nitrogens with zero attached hydrogens (tertiary/aromatic N) is 1. The van der Waals surface area contributed by atoms with Gasteiger partial charge in [-0.2, -0.15) is 0 Å². The molecule has 1 saturated heterocycles. The van der Waals surface area contributed by atoms with E-state index in [2.05, 4.69) is 31.0 Å². The first-order valence-electron chi connectivity index (χ1n) is 7.94. The summed E-state index contributed by atoms with van der Waals surface area (Å²) < 4.78 is 19.8. The van der Waals surface area contributed by atoms with Crippen molar-refractivity contribution >= 4 is 0 Å². The zero-order valence-electron chi connectivity index (χ0n) is 13.3. The van der Waals surface area contributed by atoms with Gasteiger partial charge in [0.2, 0.25) is 0 Å². The first-order chi connectivity index (χ1) is 10.1. The van der Waals surface area contributed by atoms with Crippen molar-refractivity contribution in [2.24, 2.45) is 0 Å². The topological polar surface area (TPSA) is 24.5 Å². The molecular formula is C17H27FN2O. The second kappa shape index (κ2) is 7.87. The summed E-state index contributed by atoms with van der Waals surface area (Å²) in [5.41, 5.74) is 0.758. The van der Waals surface area contributed by atoms with E-state index in [9.17, 15) is 4.39 Å². The number of hydrogen-bond donors (Lipinski definition) is 1. The molecule has 2 atom stereocenters. The smallest absolute Gasteiger partial charge is 0.126 e. The predicted molar refractivity (Wildman–Crippen MR) is 84.0 cm³/mol. The number of likely N-dealkylation sites (N-methyl/N-ethyl adjacent to an activating group) is 1. The Morgan fingerprint density at radius 3 is 2.81 bits per heavy atom. The standard InChI is InChI=1S/C17H27FN2O/c1-4-19-16(11-14-7-5-6-8-15(14)18)17-12-20(13(2)3)9-10-21-17/h5-8,13,16-17,19H,4,9-12H2,1-3H3. The number of morpholine rings is 1. The molecule has 1 heterocycles. The maximum atomic E-state index is 13.9. The Balaban J connectivity index is 2.06. The fourth-order valence-electron chi connectivity index (χ4n) is 2.91. The third kappa shape index (κ3) is 4.50. The molecule has 0 aromatic heterocycles. The van der Waals surface area contributed by atoms with Gasteiger partial charge < -0.3 is 10.1 Å². The van der Waals surface area contributed by atoms with Gasteiger partial charge in [-0.25, -0.2) is 4.39 Å². The SMILES string of the molecule is CCNC(Cc1ccccc1F)C1CN(C(C)C)CCO1. The fraction of sp³-hybridized carbons (Fsp3) is 0.647. The quantitative estimate of drug-likeness (QED) is 0.872. The average molecular weight is 294 g/mol. The van der Waals surface area contributed by atoms with Gasteiger partial charge in [-0.05, 0) is 38.4 Å². The molecule has 118 valence electrons. The lowest BCUT2D eigenvalue weighted by Gasteiger charge is -2.39. The van der Waals surface area contributed by atoms with Gasteiger partial charge in [-0.1, -0.05) is 25.1 Å². The number of benzene rings is 1. The van der Waals surface area contributed by atoms with Crippen LogP contribution >= 0.6 is 0 Å². The molecule has 1 fully saturated rings. The van der Waals surface area contributed by atoms with E-state index in [0.29, 0.717) is 12.5 Å². The third-order valence-corrected chi connectivity index (χ3v) is 4.17. The molecule has 2 rings (SSSR count). The van der Waals surface area contributed by atoms with Crippen molar-refractivity contribution in [1.29, 1.82) is 0 Å². The van der Waals surface area contributed by atoms with Crippen molar-refractivity contribution in [3.8, 4) is 0 Å². The van der Waals surface area contributed by atoms with Crippen molar-refractivity contribution in [3.05, 3.63) is 35.6 Å². The number of hydrogen-bond acceptors (Lipinski definition) is 3. The first-order valence-corrected chi connectivity index (χ1v) is 7.94. The van der Waals surface area contributed by atoms with E-state index in [1.807, 2.05) is 12.1 Å². The Morgan fingerprint density at radius 2 is 2.14 bits per heavy atom. The van der Waals surface area contributed by atoms with Crippen molar-refractivity contribution in [2.75, 3.05) is 26.2 Å². The molecule has 1 aliphatic heterocycles. The Bertz CT molecular complexity index is 439. The van der Waals surface area contributed by atoms with Crippen molar-refractivity contribution < 1.29 is 9.13 Å². The molecule has 1 aromatic carbocycles. The second-order valence-corrected chi connectivity index (χ2v) is 5.96. The van der Waals surface area contributed by atoms with Crippen LogP contribution < -0.4 is 5.32 Å². The molecule has 1 aliphatic rings. The van der Waals surface area contributed by atoms with E-state index in [-0.39, 0.29) is 18.0 Å². The highest BCUT2D eigenvalue weighted by Crippen LogP contribution is 2.17. The van der Waals surface area contributed by atoms with E-state index >= 15 is 0 Å². The highest BCUT2D eigenvalue weighted by atomic mass is 19.1. The van der Waals surface area contributed by atoms with E-state index in [4.69, 9.17) is 4.74 Å². The number of halogens is 1. The lowest BCUT2D eigenvalue weighted by Crippen LogP contribution is -2.54. The summed E-state index contributed by atoms with van der Waals surface area (Å²) in [5, 5.41) is 3.47. The summed E-state index contributed by atoms with van der Waals surface area (Å²) in [6.07, 6.45) is 0.776. The van der Waals surface area contributed by atoms with Gasteiger partial charge in [0, 0.05) is 25.2 Å². The van der Waals surface area contributed by atoms with Crippen LogP contribution in [-0.2, 0) is 11.2 Å². The third-order valence-electron chi connectivity index (χ3n) is 4.17. The Morgan fingerprint density at radius 1 is 1.38 bits per heavy atom. The van der Waals surface area contributed by atoms with Gasteiger partial charge in [0.25, 0.3) is 0 Å². The maximum absolute atomic E-state index is 13.9. The van der Waals surface area contributed by atoms with Crippen LogP contribution in [0.5, 0.6) is 0 Å². The van der Waals surface area contributed by atoms with Crippen LogP contribution in [0.15, 0.2) is 24.3 Å². The van der Waals surface area contributed by atoms with Gasteiger partial charge in [-0.15, -0.1) is 0 Å². The highest BCUT2D eigenvalue weighted by Gasteiger charge is 2.29. The lowest BCUT2D eigenvalue weighted by molar-refractivity contribution is -0.0551. The minimum absolute atomic E-state index is 0.112. The molecule has 0 bridgehead atoms. The number of ether oxygens (including phenoxy) is 1. The minimum Gasteiger partial charge on any atom is -0.374 e. The monoisotopic (exact) mass is 294 g/mol. The molecule has 3 nitrogen and oxygen atoms in total. The number of rotatable bonds is 6. The Hall–Kier alpha value is -0.970. The number of nitrogens with one attached hydrogen (secondary N) is 1. The summed E-state index contributed by atoms with van der Waals surface area (Å²) in [4.78, 5) is 2.43. The molecule has 0 amide bonds. The molecule has 21 heavy (non-hydrogen) atoms. The summed E-state index contributed by atoms with van der Waals surface area (Å²) in [7, 11) is 0. The van der Waals surface area contributed by atoms with Crippen molar-refractivity contribution in [1.82, 2.24) is 10.2 Å². The Kier molecular flexibility index (Phi) is 6.15. The predicted octanol–water partition coefficient (Wildman–Crippen LogP) is 2.46. The van der Waals surface area contributed by atoms with Crippen LogP contribution in [0.3, 0.4) is 0 Å². The largest absolute Gasteiger partial charge is 0.374 e. The molecule has 0 saturated carbocycles. The summed E-state index contributed by atoms with van der Waals surface area (Å²) >= 11 is 0. The summed E-state index contributed by atoms with van der Waals surface area (Å²) in [6, 6.07) is 7.69. The van der Waals surface area contributed by atoms with Gasteiger partial charge in [-0.3, -0.25) is 4.90 Å². The zero-order chi connectivity index (χ0) is 15.2. The molecule has 0 spiro atoms. The van der Waals surface area contributed by atoms with E-state index in [1.165, 1.54) is 6.07 Å². The average Bonchev–Trinajstić information content (AvgIpc) is 2.49. The molecular weight excluding hydrogens is 267 g/mol. The van der Waals surface area contributed by atoms with Crippen LogP contribution in [0, 0.1) is 5.82 Å². The van der Waals surface area contributed by atoms with Crippen LogP contribution in [-0.4, -0.2) is 49.3 Å². The minimum atomic E-state index is -0.128. The Labute approximate surface area is 127 Å². The van der Waals surface area contributed by atoms with Gasteiger partial charge >= 0.3 is 0 Å². The van der Waals surface area contributed by atoms with E-state index in [1.54, 1.807) is 6.07 Å². The molecule has 1 aromatic rings. The van der Waals surface area contributed by atoms with Crippen molar-refractivity contribution in [3.63, 3.8) is 0 Å².